The van der Waals surface area contributed by atoms with Gasteiger partial charge in [-0.1, -0.05) is 36.4 Å². The van der Waals surface area contributed by atoms with E-state index >= 15 is 0 Å². The van der Waals surface area contributed by atoms with Crippen molar-refractivity contribution < 1.29 is 4.79 Å². The quantitative estimate of drug-likeness (QED) is 0.397. The molecule has 2 rings (SSSR count). The zero-order chi connectivity index (χ0) is 21.6. The lowest BCUT2D eigenvalue weighted by Crippen LogP contribution is -2.22. The van der Waals surface area contributed by atoms with Gasteiger partial charge in [0.25, 0.3) is 5.91 Å². The van der Waals surface area contributed by atoms with E-state index in [1.807, 2.05) is 31.2 Å². The van der Waals surface area contributed by atoms with E-state index in [1.54, 1.807) is 39.2 Å². The fourth-order valence-corrected chi connectivity index (χ4v) is 2.89. The van der Waals surface area contributed by atoms with Crippen molar-refractivity contribution in [3.8, 4) is 17.2 Å². The van der Waals surface area contributed by atoms with Crippen LogP contribution in [0.1, 0.15) is 19.5 Å². The third-order valence-electron chi connectivity index (χ3n) is 4.42. The van der Waals surface area contributed by atoms with Gasteiger partial charge in [-0.15, -0.1) is 0 Å². The van der Waals surface area contributed by atoms with Gasteiger partial charge in [0.1, 0.15) is 0 Å². The first-order valence-electron chi connectivity index (χ1n) is 8.98. The molecule has 6 heteroatoms. The molecule has 1 aromatic heterocycles. The number of anilines is 1. The summed E-state index contributed by atoms with van der Waals surface area (Å²) in [6.07, 6.45) is 4.61. The summed E-state index contributed by atoms with van der Waals surface area (Å²) in [6.45, 7) is 9.09. The number of nitriles is 1. The van der Waals surface area contributed by atoms with Crippen LogP contribution in [0.2, 0.25) is 5.02 Å². The van der Waals surface area contributed by atoms with Crippen molar-refractivity contribution in [2.45, 2.75) is 20.8 Å². The number of halogens is 1. The monoisotopic (exact) mass is 406 g/mol. The first-order chi connectivity index (χ1) is 13.7. The van der Waals surface area contributed by atoms with Crippen LogP contribution in [0.15, 0.2) is 65.8 Å². The Labute approximate surface area is 176 Å². The van der Waals surface area contributed by atoms with Gasteiger partial charge in [0.05, 0.1) is 29.1 Å². The van der Waals surface area contributed by atoms with Gasteiger partial charge in [0.2, 0.25) is 0 Å². The number of hydrogen-bond donors (Lipinski definition) is 1. The summed E-state index contributed by atoms with van der Waals surface area (Å²) >= 11 is 6.10. The van der Waals surface area contributed by atoms with Gasteiger partial charge in [-0.2, -0.15) is 5.26 Å². The summed E-state index contributed by atoms with van der Waals surface area (Å²) in [4.78, 5) is 21.3. The Kier molecular flexibility index (Phi) is 7.08. The van der Waals surface area contributed by atoms with Crippen LogP contribution in [0.3, 0.4) is 0 Å². The normalized spacial score (nSPS) is 12.3. The van der Waals surface area contributed by atoms with Gasteiger partial charge in [-0.3, -0.25) is 14.8 Å². The molecule has 0 unspecified atom stereocenters. The van der Waals surface area contributed by atoms with Crippen LogP contribution in [0.4, 0.5) is 5.69 Å². The summed E-state index contributed by atoms with van der Waals surface area (Å²) in [5.41, 5.74) is 3.11. The number of aryl methyl sites for hydroxylation is 1. The van der Waals surface area contributed by atoms with Gasteiger partial charge in [0.15, 0.2) is 0 Å². The summed E-state index contributed by atoms with van der Waals surface area (Å²) in [6, 6.07) is 11.5. The molecule has 29 heavy (non-hydrogen) atoms. The van der Waals surface area contributed by atoms with Crippen molar-refractivity contribution in [1.82, 2.24) is 4.98 Å². The highest BCUT2D eigenvalue weighted by atomic mass is 35.5. The first kappa shape index (κ1) is 22.1. The zero-order valence-electron chi connectivity index (χ0n) is 17.0. The van der Waals surface area contributed by atoms with Gasteiger partial charge < -0.3 is 5.32 Å². The fourth-order valence-electron chi connectivity index (χ4n) is 2.70. The Morgan fingerprint density at radius 3 is 2.69 bits per heavy atom. The Morgan fingerprint density at radius 2 is 2.10 bits per heavy atom. The van der Waals surface area contributed by atoms with E-state index in [9.17, 15) is 10.1 Å². The molecule has 0 saturated carbocycles. The maximum absolute atomic E-state index is 12.8. The number of pyridine rings is 1. The van der Waals surface area contributed by atoms with E-state index in [0.29, 0.717) is 22.0 Å². The molecule has 1 N–H and O–H groups in total. The Bertz CT molecular complexity index is 1050. The first-order valence-corrected chi connectivity index (χ1v) is 9.36. The van der Waals surface area contributed by atoms with Crippen LogP contribution in [-0.4, -0.2) is 23.7 Å². The minimum Gasteiger partial charge on any atom is -0.321 e. The molecule has 0 bridgehead atoms. The molecule has 0 atom stereocenters. The number of benzene rings is 1. The summed E-state index contributed by atoms with van der Waals surface area (Å²) in [5.74, 6) is -0.363. The minimum atomic E-state index is -0.825. The lowest BCUT2D eigenvalue weighted by molar-refractivity contribution is -0.112. The van der Waals surface area contributed by atoms with E-state index in [4.69, 9.17) is 11.6 Å². The zero-order valence-corrected chi connectivity index (χ0v) is 17.7. The fraction of sp³-hybridized carbons (Fsp3) is 0.217. The number of rotatable bonds is 6. The number of nitrogens with one attached hydrogen (secondary N) is 1. The van der Waals surface area contributed by atoms with E-state index in [1.165, 1.54) is 6.08 Å². The molecule has 1 aromatic carbocycles. The van der Waals surface area contributed by atoms with Gasteiger partial charge in [0, 0.05) is 28.9 Å². The molecule has 0 fully saturated rings. The molecular formula is C23H23ClN4O. The Balaban J connectivity index is 2.35. The van der Waals surface area contributed by atoms with Crippen molar-refractivity contribution in [3.05, 3.63) is 71.5 Å². The number of allylic oxidation sites excluding steroid dienone is 1. The highest BCUT2D eigenvalue weighted by Crippen LogP contribution is 2.27. The second-order valence-corrected chi connectivity index (χ2v) is 7.41. The maximum atomic E-state index is 12.8. The van der Waals surface area contributed by atoms with Gasteiger partial charge >= 0.3 is 0 Å². The number of nitrogens with zero attached hydrogens (tertiary/aromatic N) is 3. The van der Waals surface area contributed by atoms with Crippen molar-refractivity contribution >= 4 is 28.9 Å². The van der Waals surface area contributed by atoms with Crippen LogP contribution in [0.25, 0.3) is 11.1 Å². The molecular weight excluding hydrogens is 384 g/mol. The maximum Gasteiger partial charge on any atom is 0.255 e. The van der Waals surface area contributed by atoms with Crippen molar-refractivity contribution in [2.24, 2.45) is 10.4 Å². The number of aromatic nitrogens is 1. The van der Waals surface area contributed by atoms with Crippen LogP contribution < -0.4 is 5.32 Å². The molecule has 0 spiro atoms. The van der Waals surface area contributed by atoms with Gasteiger partial charge in [-0.05, 0) is 50.6 Å². The Hall–Kier alpha value is -3.23. The molecule has 0 aliphatic carbocycles. The smallest absolute Gasteiger partial charge is 0.255 e. The predicted octanol–water partition coefficient (Wildman–Crippen LogP) is 5.38. The SMILES string of the molecule is C=C/C(=C\C(=NC)C(C)(C)C#N)C(=O)Nc1cnc(C)c(-c2cccc(Cl)c2)c1. The molecule has 5 nitrogen and oxygen atoms in total. The average molecular weight is 407 g/mol. The third-order valence-corrected chi connectivity index (χ3v) is 4.65. The molecule has 2 aromatic rings. The lowest BCUT2D eigenvalue weighted by atomic mass is 9.88. The number of hydrogen-bond acceptors (Lipinski definition) is 4. The Morgan fingerprint density at radius 1 is 1.38 bits per heavy atom. The molecule has 1 heterocycles. The predicted molar refractivity (Wildman–Crippen MR) is 119 cm³/mol. The number of aliphatic imine (C=N–C) groups is 1. The third kappa shape index (κ3) is 5.40. The van der Waals surface area contributed by atoms with E-state index in [2.05, 4.69) is 27.9 Å². The minimum absolute atomic E-state index is 0.304. The second-order valence-electron chi connectivity index (χ2n) is 6.97. The van der Waals surface area contributed by atoms with E-state index < -0.39 is 5.41 Å². The van der Waals surface area contributed by atoms with Crippen LogP contribution in [0.5, 0.6) is 0 Å². The molecule has 1 amide bonds. The van der Waals surface area contributed by atoms with Crippen LogP contribution in [0, 0.1) is 23.7 Å². The van der Waals surface area contributed by atoms with Crippen LogP contribution >= 0.6 is 11.6 Å². The van der Waals surface area contributed by atoms with Crippen molar-refractivity contribution in [3.63, 3.8) is 0 Å². The van der Waals surface area contributed by atoms with E-state index in [-0.39, 0.29) is 5.91 Å². The standard InChI is InChI=1S/C23H23ClN4O/c1-6-16(11-21(26-5)23(3,4)14-25)22(29)28-19-12-20(15(2)27-13-19)17-8-7-9-18(24)10-17/h6-13H,1H2,2-5H3,(H,28,29)/b16-11+,26-21?. The summed E-state index contributed by atoms with van der Waals surface area (Å²) in [7, 11) is 1.59. The second kappa shape index (κ2) is 9.31. The molecule has 0 aliphatic heterocycles. The molecule has 148 valence electrons. The van der Waals surface area contributed by atoms with Crippen molar-refractivity contribution in [1.29, 1.82) is 5.26 Å². The van der Waals surface area contributed by atoms with Crippen molar-refractivity contribution in [2.75, 3.05) is 12.4 Å². The molecule has 0 saturated heterocycles. The average Bonchev–Trinajstić information content (AvgIpc) is 2.70. The highest BCUT2D eigenvalue weighted by Gasteiger charge is 2.23. The molecule has 0 radical (unpaired) electrons. The topological polar surface area (TPSA) is 78.1 Å². The molecule has 0 aliphatic rings. The van der Waals surface area contributed by atoms with E-state index in [0.717, 1.165) is 16.8 Å². The van der Waals surface area contributed by atoms with Gasteiger partial charge in [-0.25, -0.2) is 0 Å². The summed E-state index contributed by atoms with van der Waals surface area (Å²) < 4.78 is 0. The number of carbonyl (C=O) groups is 1. The van der Waals surface area contributed by atoms with Crippen LogP contribution in [-0.2, 0) is 4.79 Å². The lowest BCUT2D eigenvalue weighted by Gasteiger charge is -2.16. The number of amides is 1. The highest BCUT2D eigenvalue weighted by molar-refractivity contribution is 6.30. The largest absolute Gasteiger partial charge is 0.321 e. The number of carbonyl (C=O) groups excluding carboxylic acids is 1. The summed E-state index contributed by atoms with van der Waals surface area (Å²) in [5, 5.41) is 12.8.